The van der Waals surface area contributed by atoms with E-state index in [-0.39, 0.29) is 0 Å². The van der Waals surface area contributed by atoms with E-state index in [0.717, 1.165) is 66.8 Å². The summed E-state index contributed by atoms with van der Waals surface area (Å²) < 4.78 is 9.16. The van der Waals surface area contributed by atoms with Crippen molar-refractivity contribution in [3.05, 3.63) is 206 Å². The third-order valence-corrected chi connectivity index (χ3v) is 10.2. The van der Waals surface area contributed by atoms with Crippen molar-refractivity contribution < 1.29 is 4.42 Å². The molecular weight excluding hydrogens is 645 g/mol. The molecule has 250 valence electrons. The van der Waals surface area contributed by atoms with Crippen LogP contribution in [0.4, 0.5) is 17.1 Å². The number of hydrogen-bond donors (Lipinski definition) is 0. The second kappa shape index (κ2) is 12.9. The Morgan fingerprint density at radius 2 is 0.792 bits per heavy atom. The van der Waals surface area contributed by atoms with E-state index >= 15 is 0 Å². The minimum absolute atomic E-state index is 0.894. The van der Waals surface area contributed by atoms with Gasteiger partial charge < -0.3 is 13.9 Å². The normalized spacial score (nSPS) is 11.4. The van der Waals surface area contributed by atoms with Crippen LogP contribution in [0.2, 0.25) is 0 Å². The molecule has 0 aliphatic heterocycles. The maximum absolute atomic E-state index is 6.83. The number of rotatable bonds is 7. The van der Waals surface area contributed by atoms with Gasteiger partial charge in [-0.25, -0.2) is 0 Å². The van der Waals surface area contributed by atoms with E-state index in [0.29, 0.717) is 0 Å². The standard InChI is InChI=1S/C50H34N2O/c1-4-13-35(14-5-1)37-23-29-41(30-24-37)51(42-31-25-38(26-32-42)36-15-6-2-7-16-36)43-33-27-39(28-34-43)44-20-12-21-46-48-50(53-49(44)46)45-19-10-11-22-47(45)52(48)40-17-8-3-9-18-40/h1-34H. The molecule has 0 atom stereocenters. The van der Waals surface area contributed by atoms with Crippen molar-refractivity contribution in [3.63, 3.8) is 0 Å². The van der Waals surface area contributed by atoms with Gasteiger partial charge in [0.05, 0.1) is 5.52 Å². The van der Waals surface area contributed by atoms with E-state index in [4.69, 9.17) is 4.42 Å². The molecule has 0 radical (unpaired) electrons. The minimum atomic E-state index is 0.894. The fourth-order valence-corrected chi connectivity index (χ4v) is 7.67. The maximum atomic E-state index is 6.83. The second-order valence-corrected chi connectivity index (χ2v) is 13.4. The molecule has 10 aromatic rings. The lowest BCUT2D eigenvalue weighted by Gasteiger charge is -2.26. The SMILES string of the molecule is c1ccc(-c2ccc(N(c3ccc(-c4ccccc4)cc3)c3ccc(-c4cccc5c4oc4c6ccccc6n(-c6ccccc6)c54)cc3)cc2)cc1. The molecule has 0 amide bonds. The zero-order valence-electron chi connectivity index (χ0n) is 28.9. The Morgan fingerprint density at radius 1 is 0.340 bits per heavy atom. The predicted octanol–water partition coefficient (Wildman–Crippen LogP) is 14.0. The highest BCUT2D eigenvalue weighted by Gasteiger charge is 2.21. The van der Waals surface area contributed by atoms with Crippen LogP contribution in [0.5, 0.6) is 0 Å². The molecule has 0 bridgehead atoms. The summed E-state index contributed by atoms with van der Waals surface area (Å²) in [7, 11) is 0. The number of hydrogen-bond acceptors (Lipinski definition) is 2. The zero-order chi connectivity index (χ0) is 35.1. The first-order valence-corrected chi connectivity index (χ1v) is 18.0. The van der Waals surface area contributed by atoms with E-state index < -0.39 is 0 Å². The molecule has 2 heterocycles. The second-order valence-electron chi connectivity index (χ2n) is 13.4. The van der Waals surface area contributed by atoms with Gasteiger partial charge in [0, 0.05) is 39.1 Å². The van der Waals surface area contributed by atoms with E-state index in [1.165, 1.54) is 22.3 Å². The van der Waals surface area contributed by atoms with Gasteiger partial charge in [0.25, 0.3) is 0 Å². The van der Waals surface area contributed by atoms with Crippen LogP contribution in [0, 0.1) is 0 Å². The molecule has 0 aliphatic carbocycles. The van der Waals surface area contributed by atoms with Crippen LogP contribution in [0.15, 0.2) is 211 Å². The van der Waals surface area contributed by atoms with Crippen LogP contribution < -0.4 is 4.90 Å². The molecule has 0 spiro atoms. The average Bonchev–Trinajstić information content (AvgIpc) is 3.78. The van der Waals surface area contributed by atoms with Gasteiger partial charge >= 0.3 is 0 Å². The summed E-state index contributed by atoms with van der Waals surface area (Å²) >= 11 is 0. The smallest absolute Gasteiger partial charge is 0.161 e. The van der Waals surface area contributed by atoms with Crippen LogP contribution in [0.3, 0.4) is 0 Å². The molecule has 3 nitrogen and oxygen atoms in total. The summed E-state index contributed by atoms with van der Waals surface area (Å²) in [4.78, 5) is 2.32. The van der Waals surface area contributed by atoms with Crippen LogP contribution in [0.25, 0.3) is 72.0 Å². The highest BCUT2D eigenvalue weighted by Crippen LogP contribution is 2.43. The minimum Gasteiger partial charge on any atom is -0.453 e. The molecule has 3 heteroatoms. The van der Waals surface area contributed by atoms with Crippen LogP contribution >= 0.6 is 0 Å². The Kier molecular flexibility index (Phi) is 7.47. The summed E-state index contributed by atoms with van der Waals surface area (Å²) in [6.45, 7) is 0. The van der Waals surface area contributed by atoms with Gasteiger partial charge in [0.15, 0.2) is 5.58 Å². The zero-order valence-corrected chi connectivity index (χ0v) is 28.9. The molecule has 0 saturated carbocycles. The third kappa shape index (κ3) is 5.38. The largest absolute Gasteiger partial charge is 0.453 e. The number of fused-ring (bicyclic) bond motifs is 5. The van der Waals surface area contributed by atoms with Crippen molar-refractivity contribution in [1.29, 1.82) is 0 Å². The number of anilines is 3. The maximum Gasteiger partial charge on any atom is 0.161 e. The van der Waals surface area contributed by atoms with E-state index in [2.05, 4.69) is 216 Å². The predicted molar refractivity (Wildman–Crippen MR) is 222 cm³/mol. The number of nitrogens with zero attached hydrogens (tertiary/aromatic N) is 2. The first-order chi connectivity index (χ1) is 26.3. The van der Waals surface area contributed by atoms with Gasteiger partial charge in [-0.05, 0) is 94.5 Å². The van der Waals surface area contributed by atoms with Crippen molar-refractivity contribution >= 4 is 50.0 Å². The Balaban J connectivity index is 1.07. The highest BCUT2D eigenvalue weighted by atomic mass is 16.3. The molecule has 0 N–H and O–H groups in total. The topological polar surface area (TPSA) is 21.3 Å². The summed E-state index contributed by atoms with van der Waals surface area (Å²) in [5.41, 5.74) is 15.4. The quantitative estimate of drug-likeness (QED) is 0.167. The molecule has 53 heavy (non-hydrogen) atoms. The number of para-hydroxylation sites is 3. The van der Waals surface area contributed by atoms with E-state index in [1.807, 2.05) is 0 Å². The molecular formula is C50H34N2O. The van der Waals surface area contributed by atoms with Crippen molar-refractivity contribution in [2.24, 2.45) is 0 Å². The first kappa shape index (κ1) is 30.7. The summed E-state index contributed by atoms with van der Waals surface area (Å²) in [6.07, 6.45) is 0. The van der Waals surface area contributed by atoms with Crippen LogP contribution in [-0.2, 0) is 0 Å². The van der Waals surface area contributed by atoms with Crippen LogP contribution in [-0.4, -0.2) is 4.57 Å². The van der Waals surface area contributed by atoms with Gasteiger partial charge in [-0.1, -0.05) is 140 Å². The lowest BCUT2D eigenvalue weighted by Crippen LogP contribution is -2.09. The van der Waals surface area contributed by atoms with Gasteiger partial charge in [-0.3, -0.25) is 0 Å². The molecule has 0 aliphatic rings. The summed E-state index contributed by atoms with van der Waals surface area (Å²) in [5, 5.41) is 2.20. The first-order valence-electron chi connectivity index (χ1n) is 18.0. The molecule has 10 rings (SSSR count). The van der Waals surface area contributed by atoms with Gasteiger partial charge in [0.2, 0.25) is 0 Å². The van der Waals surface area contributed by atoms with Gasteiger partial charge in [-0.2, -0.15) is 0 Å². The molecule has 8 aromatic carbocycles. The van der Waals surface area contributed by atoms with E-state index in [1.54, 1.807) is 0 Å². The molecule has 0 saturated heterocycles. The Hall–Kier alpha value is -7.10. The van der Waals surface area contributed by atoms with Crippen molar-refractivity contribution in [2.45, 2.75) is 0 Å². The van der Waals surface area contributed by atoms with E-state index in [9.17, 15) is 0 Å². The fourth-order valence-electron chi connectivity index (χ4n) is 7.67. The summed E-state index contributed by atoms with van der Waals surface area (Å²) in [6, 6.07) is 73.1. The third-order valence-electron chi connectivity index (χ3n) is 10.2. The number of furan rings is 1. The van der Waals surface area contributed by atoms with Crippen molar-refractivity contribution in [3.8, 4) is 39.1 Å². The molecule has 2 aromatic heterocycles. The lowest BCUT2D eigenvalue weighted by molar-refractivity contribution is 0.674. The van der Waals surface area contributed by atoms with Crippen molar-refractivity contribution in [2.75, 3.05) is 4.90 Å². The average molecular weight is 679 g/mol. The van der Waals surface area contributed by atoms with Gasteiger partial charge in [-0.15, -0.1) is 0 Å². The molecule has 0 unspecified atom stereocenters. The monoisotopic (exact) mass is 678 g/mol. The summed E-state index contributed by atoms with van der Waals surface area (Å²) in [5.74, 6) is 0. The number of aromatic nitrogens is 1. The number of benzene rings is 8. The van der Waals surface area contributed by atoms with Crippen molar-refractivity contribution in [1.82, 2.24) is 4.57 Å². The Morgan fingerprint density at radius 3 is 1.36 bits per heavy atom. The Labute approximate surface area is 308 Å². The van der Waals surface area contributed by atoms with Crippen LogP contribution in [0.1, 0.15) is 0 Å². The Bertz CT molecular complexity index is 2750. The lowest BCUT2D eigenvalue weighted by atomic mass is 10.0. The fraction of sp³-hybridized carbons (Fsp3) is 0. The molecule has 0 fully saturated rings. The van der Waals surface area contributed by atoms with Gasteiger partial charge in [0.1, 0.15) is 11.1 Å². The highest BCUT2D eigenvalue weighted by molar-refractivity contribution is 6.18.